The highest BCUT2D eigenvalue weighted by atomic mass is 16.3. The van der Waals surface area contributed by atoms with Crippen LogP contribution in [0.2, 0.25) is 0 Å². The third-order valence-electron chi connectivity index (χ3n) is 5.81. The molecule has 8 heteroatoms. The molecule has 2 amide bonds. The van der Waals surface area contributed by atoms with Gasteiger partial charge in [0, 0.05) is 31.1 Å². The number of furan rings is 1. The highest BCUT2D eigenvalue weighted by Gasteiger charge is 2.28. The van der Waals surface area contributed by atoms with Crippen molar-refractivity contribution in [3.05, 3.63) is 94.4 Å². The zero-order valence-corrected chi connectivity index (χ0v) is 18.5. The fourth-order valence-corrected chi connectivity index (χ4v) is 3.90. The summed E-state index contributed by atoms with van der Waals surface area (Å²) in [6, 6.07) is 18.0. The number of para-hydroxylation sites is 1. The van der Waals surface area contributed by atoms with Crippen molar-refractivity contribution >= 4 is 28.4 Å². The predicted molar refractivity (Wildman–Crippen MR) is 128 cm³/mol. The number of amides is 2. The van der Waals surface area contributed by atoms with E-state index in [1.807, 2.05) is 30.3 Å². The molecule has 34 heavy (non-hydrogen) atoms. The monoisotopic (exact) mass is 456 g/mol. The first-order chi connectivity index (χ1) is 16.6. The number of benzene rings is 2. The van der Waals surface area contributed by atoms with E-state index in [-0.39, 0.29) is 35.6 Å². The van der Waals surface area contributed by atoms with E-state index in [2.05, 4.69) is 15.6 Å². The normalized spacial score (nSPS) is 13.1. The Labute approximate surface area is 195 Å². The molecule has 5 rings (SSSR count). The Morgan fingerprint density at radius 1 is 1.03 bits per heavy atom. The van der Waals surface area contributed by atoms with Crippen LogP contribution >= 0.6 is 0 Å². The lowest BCUT2D eigenvalue weighted by Gasteiger charge is -2.13. The smallest absolute Gasteiger partial charge is 0.291 e. The van der Waals surface area contributed by atoms with Gasteiger partial charge in [0.15, 0.2) is 5.76 Å². The second kappa shape index (κ2) is 9.35. The number of aromatic nitrogens is 2. The molecule has 0 saturated heterocycles. The van der Waals surface area contributed by atoms with E-state index in [9.17, 15) is 14.4 Å². The fourth-order valence-electron chi connectivity index (χ4n) is 3.90. The largest absolute Gasteiger partial charge is 0.459 e. The van der Waals surface area contributed by atoms with Crippen LogP contribution in [0.1, 0.15) is 47.2 Å². The molecule has 0 bridgehead atoms. The molecule has 0 atom stereocenters. The SMILES string of the molecule is O=C(CCc1nc2ccccc2c(=O)n1C1CC1)NCc1ccc(NC(=O)c2ccco2)cc1. The van der Waals surface area contributed by atoms with Crippen LogP contribution in [-0.2, 0) is 17.8 Å². The molecule has 1 aliphatic carbocycles. The van der Waals surface area contributed by atoms with Crippen molar-refractivity contribution in [2.45, 2.75) is 38.3 Å². The second-order valence-electron chi connectivity index (χ2n) is 8.36. The third-order valence-corrected chi connectivity index (χ3v) is 5.81. The molecule has 0 radical (unpaired) electrons. The molecule has 0 spiro atoms. The summed E-state index contributed by atoms with van der Waals surface area (Å²) < 4.78 is 6.85. The molecule has 1 fully saturated rings. The minimum absolute atomic E-state index is 0.0252. The summed E-state index contributed by atoms with van der Waals surface area (Å²) in [5, 5.41) is 6.29. The lowest BCUT2D eigenvalue weighted by molar-refractivity contribution is -0.121. The molecule has 1 saturated carbocycles. The van der Waals surface area contributed by atoms with Crippen molar-refractivity contribution in [3.63, 3.8) is 0 Å². The molecular formula is C26H24N4O4. The first-order valence-electron chi connectivity index (χ1n) is 11.3. The Kier molecular flexibility index (Phi) is 5.95. The average molecular weight is 457 g/mol. The predicted octanol–water partition coefficient (Wildman–Crippen LogP) is 3.83. The van der Waals surface area contributed by atoms with Gasteiger partial charge in [-0.2, -0.15) is 0 Å². The van der Waals surface area contributed by atoms with Gasteiger partial charge in [-0.3, -0.25) is 19.0 Å². The Balaban J connectivity index is 1.17. The van der Waals surface area contributed by atoms with Crippen LogP contribution in [0.15, 0.2) is 76.1 Å². The number of fused-ring (bicyclic) bond motifs is 1. The van der Waals surface area contributed by atoms with Gasteiger partial charge in [-0.25, -0.2) is 4.98 Å². The maximum absolute atomic E-state index is 12.9. The van der Waals surface area contributed by atoms with Crippen molar-refractivity contribution in [3.8, 4) is 0 Å². The first-order valence-corrected chi connectivity index (χ1v) is 11.3. The Morgan fingerprint density at radius 3 is 2.56 bits per heavy atom. The van der Waals surface area contributed by atoms with Crippen molar-refractivity contribution in [2.75, 3.05) is 5.32 Å². The number of carbonyl (C=O) groups is 2. The number of carbonyl (C=O) groups excluding carboxylic acids is 2. The number of rotatable bonds is 8. The van der Waals surface area contributed by atoms with Gasteiger partial charge in [-0.05, 0) is 54.8 Å². The minimum Gasteiger partial charge on any atom is -0.459 e. The fraction of sp³-hybridized carbons (Fsp3) is 0.231. The Morgan fingerprint density at radius 2 is 1.82 bits per heavy atom. The van der Waals surface area contributed by atoms with Crippen molar-refractivity contribution in [1.29, 1.82) is 0 Å². The molecule has 2 N–H and O–H groups in total. The van der Waals surface area contributed by atoms with E-state index in [0.29, 0.717) is 35.4 Å². The molecule has 172 valence electrons. The number of hydrogen-bond donors (Lipinski definition) is 2. The van der Waals surface area contributed by atoms with Gasteiger partial charge in [0.1, 0.15) is 5.82 Å². The second-order valence-corrected chi connectivity index (χ2v) is 8.36. The van der Waals surface area contributed by atoms with Gasteiger partial charge in [0.25, 0.3) is 11.5 Å². The molecule has 2 heterocycles. The number of anilines is 1. The van der Waals surface area contributed by atoms with E-state index in [1.54, 1.807) is 34.9 Å². The molecular weight excluding hydrogens is 432 g/mol. The van der Waals surface area contributed by atoms with Gasteiger partial charge < -0.3 is 15.1 Å². The van der Waals surface area contributed by atoms with Crippen LogP contribution in [0.4, 0.5) is 5.69 Å². The summed E-state index contributed by atoms with van der Waals surface area (Å²) in [4.78, 5) is 42.1. The summed E-state index contributed by atoms with van der Waals surface area (Å²) >= 11 is 0. The average Bonchev–Trinajstić information content (AvgIpc) is 3.53. The van der Waals surface area contributed by atoms with Crippen molar-refractivity contribution in [1.82, 2.24) is 14.9 Å². The molecule has 4 aromatic rings. The first kappa shape index (κ1) is 21.6. The summed E-state index contributed by atoms with van der Waals surface area (Å²) in [6.07, 6.45) is 4.03. The van der Waals surface area contributed by atoms with Crippen molar-refractivity contribution < 1.29 is 14.0 Å². The van der Waals surface area contributed by atoms with Crippen LogP contribution in [0.5, 0.6) is 0 Å². The zero-order valence-electron chi connectivity index (χ0n) is 18.5. The van der Waals surface area contributed by atoms with E-state index >= 15 is 0 Å². The van der Waals surface area contributed by atoms with Gasteiger partial charge in [0.05, 0.1) is 17.2 Å². The summed E-state index contributed by atoms with van der Waals surface area (Å²) in [6.45, 7) is 0.367. The van der Waals surface area contributed by atoms with Crippen LogP contribution < -0.4 is 16.2 Å². The van der Waals surface area contributed by atoms with Crippen LogP contribution in [0, 0.1) is 0 Å². The topological polar surface area (TPSA) is 106 Å². The minimum atomic E-state index is -0.321. The summed E-state index contributed by atoms with van der Waals surface area (Å²) in [7, 11) is 0. The molecule has 2 aromatic carbocycles. The summed E-state index contributed by atoms with van der Waals surface area (Å²) in [5.74, 6) is 0.473. The maximum atomic E-state index is 12.9. The zero-order chi connectivity index (χ0) is 23.5. The molecule has 8 nitrogen and oxygen atoms in total. The van der Waals surface area contributed by atoms with E-state index in [4.69, 9.17) is 4.42 Å². The molecule has 1 aliphatic rings. The molecule has 2 aromatic heterocycles. The van der Waals surface area contributed by atoms with Gasteiger partial charge in [0.2, 0.25) is 5.91 Å². The highest BCUT2D eigenvalue weighted by molar-refractivity contribution is 6.02. The number of aryl methyl sites for hydroxylation is 1. The van der Waals surface area contributed by atoms with Gasteiger partial charge >= 0.3 is 0 Å². The van der Waals surface area contributed by atoms with E-state index in [1.165, 1.54) is 6.26 Å². The quantitative estimate of drug-likeness (QED) is 0.419. The van der Waals surface area contributed by atoms with Crippen LogP contribution in [0.25, 0.3) is 10.9 Å². The van der Waals surface area contributed by atoms with Gasteiger partial charge in [-0.15, -0.1) is 0 Å². The maximum Gasteiger partial charge on any atom is 0.291 e. The van der Waals surface area contributed by atoms with Crippen LogP contribution in [-0.4, -0.2) is 21.4 Å². The van der Waals surface area contributed by atoms with Gasteiger partial charge in [-0.1, -0.05) is 24.3 Å². The lowest BCUT2D eigenvalue weighted by Crippen LogP contribution is -2.27. The Bertz CT molecular complexity index is 1390. The van der Waals surface area contributed by atoms with Crippen LogP contribution in [0.3, 0.4) is 0 Å². The van der Waals surface area contributed by atoms with E-state index in [0.717, 1.165) is 18.4 Å². The third kappa shape index (κ3) is 4.76. The number of nitrogens with zero attached hydrogens (tertiary/aromatic N) is 2. The van der Waals surface area contributed by atoms with E-state index < -0.39 is 0 Å². The number of hydrogen-bond acceptors (Lipinski definition) is 5. The molecule has 0 unspecified atom stereocenters. The Hall–Kier alpha value is -4.20. The van der Waals surface area contributed by atoms with Crippen molar-refractivity contribution in [2.24, 2.45) is 0 Å². The molecule has 0 aliphatic heterocycles. The number of nitrogens with one attached hydrogen (secondary N) is 2. The standard InChI is InChI=1S/C26H24N4O4/c31-24(27-16-17-7-9-18(10-8-17)28-25(32)22-6-3-15-34-22)14-13-23-29-21-5-2-1-4-20(21)26(33)30(23)19-11-12-19/h1-10,15,19H,11-14,16H2,(H,27,31)(H,28,32). The highest BCUT2D eigenvalue weighted by Crippen LogP contribution is 2.34. The lowest BCUT2D eigenvalue weighted by atomic mass is 10.2. The summed E-state index contributed by atoms with van der Waals surface area (Å²) in [5.41, 5.74) is 2.18.